The van der Waals surface area contributed by atoms with Crippen LogP contribution in [0.15, 0.2) is 18.2 Å². The summed E-state index contributed by atoms with van der Waals surface area (Å²) in [5, 5.41) is 6.29. The Morgan fingerprint density at radius 1 is 1.22 bits per heavy atom. The van der Waals surface area contributed by atoms with E-state index in [0.717, 1.165) is 12.8 Å². The molecule has 2 saturated heterocycles. The molecule has 9 heteroatoms. The minimum Gasteiger partial charge on any atom is -0.493 e. The quantitative estimate of drug-likeness (QED) is 0.749. The SMILES string of the molecule is COc1ccc(NC(=O)CC2CC3CCC(C2)N3)cc1OCC(F)(F)F.Cl. The van der Waals surface area contributed by atoms with E-state index in [1.165, 1.54) is 32.1 Å². The summed E-state index contributed by atoms with van der Waals surface area (Å²) in [6, 6.07) is 5.44. The fourth-order valence-corrected chi connectivity index (χ4v) is 3.84. The molecule has 1 aromatic rings. The van der Waals surface area contributed by atoms with E-state index < -0.39 is 12.8 Å². The van der Waals surface area contributed by atoms with Gasteiger partial charge in [0, 0.05) is 30.3 Å². The zero-order valence-corrected chi connectivity index (χ0v) is 15.8. The van der Waals surface area contributed by atoms with Gasteiger partial charge in [-0.2, -0.15) is 13.2 Å². The van der Waals surface area contributed by atoms with Gasteiger partial charge in [0.1, 0.15) is 0 Å². The maximum atomic E-state index is 12.4. The Kier molecular flexibility index (Phi) is 7.22. The van der Waals surface area contributed by atoms with Gasteiger partial charge in [-0.25, -0.2) is 0 Å². The topological polar surface area (TPSA) is 59.6 Å². The molecule has 2 aliphatic heterocycles. The Labute approximate surface area is 162 Å². The van der Waals surface area contributed by atoms with Crippen molar-refractivity contribution < 1.29 is 27.4 Å². The molecule has 2 heterocycles. The van der Waals surface area contributed by atoms with E-state index in [-0.39, 0.29) is 29.8 Å². The lowest BCUT2D eigenvalue weighted by Crippen LogP contribution is -2.39. The summed E-state index contributed by atoms with van der Waals surface area (Å²) < 4.78 is 46.9. The molecule has 3 rings (SSSR count). The molecule has 2 aliphatic rings. The molecule has 0 aliphatic carbocycles. The summed E-state index contributed by atoms with van der Waals surface area (Å²) in [7, 11) is 1.35. The van der Waals surface area contributed by atoms with Crippen LogP contribution in [-0.4, -0.2) is 37.9 Å². The molecule has 0 spiro atoms. The number of fused-ring (bicyclic) bond motifs is 2. The molecule has 2 unspecified atom stereocenters. The van der Waals surface area contributed by atoms with Crippen molar-refractivity contribution >= 4 is 24.0 Å². The smallest absolute Gasteiger partial charge is 0.422 e. The first-order valence-electron chi connectivity index (χ1n) is 8.76. The van der Waals surface area contributed by atoms with Crippen LogP contribution < -0.4 is 20.1 Å². The minimum absolute atomic E-state index is 0. The van der Waals surface area contributed by atoms with E-state index in [4.69, 9.17) is 9.47 Å². The Bertz CT molecular complexity index is 645. The average molecular weight is 409 g/mol. The molecule has 27 heavy (non-hydrogen) atoms. The lowest BCUT2D eigenvalue weighted by molar-refractivity contribution is -0.153. The second-order valence-corrected chi connectivity index (χ2v) is 7.00. The van der Waals surface area contributed by atoms with Crippen LogP contribution >= 0.6 is 12.4 Å². The number of alkyl halides is 3. The maximum Gasteiger partial charge on any atom is 0.422 e. The minimum atomic E-state index is -4.45. The van der Waals surface area contributed by atoms with E-state index in [9.17, 15) is 18.0 Å². The van der Waals surface area contributed by atoms with Crippen LogP contribution in [0.2, 0.25) is 0 Å². The zero-order chi connectivity index (χ0) is 18.7. The summed E-state index contributed by atoms with van der Waals surface area (Å²) in [5.41, 5.74) is 0.393. The molecule has 152 valence electrons. The van der Waals surface area contributed by atoms with E-state index in [1.54, 1.807) is 6.07 Å². The molecule has 2 bridgehead atoms. The largest absolute Gasteiger partial charge is 0.493 e. The van der Waals surface area contributed by atoms with Gasteiger partial charge in [0.15, 0.2) is 18.1 Å². The van der Waals surface area contributed by atoms with Gasteiger partial charge in [0.05, 0.1) is 7.11 Å². The highest BCUT2D eigenvalue weighted by atomic mass is 35.5. The summed E-state index contributed by atoms with van der Waals surface area (Å²) >= 11 is 0. The molecule has 0 aromatic heterocycles. The molecular weight excluding hydrogens is 385 g/mol. The lowest BCUT2D eigenvalue weighted by Gasteiger charge is -2.28. The second kappa shape index (κ2) is 9.01. The Morgan fingerprint density at radius 2 is 1.89 bits per heavy atom. The van der Waals surface area contributed by atoms with Gasteiger partial charge < -0.3 is 20.1 Å². The van der Waals surface area contributed by atoms with Crippen LogP contribution in [0.25, 0.3) is 0 Å². The summed E-state index contributed by atoms with van der Waals surface area (Å²) in [5.74, 6) is 0.334. The number of hydrogen-bond donors (Lipinski definition) is 2. The molecule has 2 atom stereocenters. The van der Waals surface area contributed by atoms with Crippen LogP contribution in [0, 0.1) is 5.92 Å². The molecule has 0 saturated carbocycles. The molecule has 5 nitrogen and oxygen atoms in total. The van der Waals surface area contributed by atoms with Crippen molar-refractivity contribution in [2.45, 2.75) is 50.4 Å². The normalized spacial score (nSPS) is 24.1. The third-order valence-corrected chi connectivity index (χ3v) is 4.88. The first-order chi connectivity index (χ1) is 12.3. The number of methoxy groups -OCH3 is 1. The van der Waals surface area contributed by atoms with Crippen molar-refractivity contribution in [3.8, 4) is 11.5 Å². The average Bonchev–Trinajstić information content (AvgIpc) is 2.91. The van der Waals surface area contributed by atoms with Gasteiger partial charge in [-0.1, -0.05) is 0 Å². The maximum absolute atomic E-state index is 12.4. The molecule has 1 aromatic carbocycles. The summed E-state index contributed by atoms with van der Waals surface area (Å²) in [6.45, 7) is -1.42. The van der Waals surface area contributed by atoms with Gasteiger partial charge >= 0.3 is 6.18 Å². The number of carbonyl (C=O) groups is 1. The fraction of sp³-hybridized carbons (Fsp3) is 0.611. The monoisotopic (exact) mass is 408 g/mol. The highest BCUT2D eigenvalue weighted by Gasteiger charge is 2.34. The van der Waals surface area contributed by atoms with E-state index in [1.807, 2.05) is 0 Å². The van der Waals surface area contributed by atoms with Gasteiger partial charge in [-0.05, 0) is 43.7 Å². The number of benzene rings is 1. The Morgan fingerprint density at radius 3 is 2.48 bits per heavy atom. The van der Waals surface area contributed by atoms with Gasteiger partial charge in [0.25, 0.3) is 0 Å². The van der Waals surface area contributed by atoms with Crippen LogP contribution in [0.1, 0.15) is 32.1 Å². The van der Waals surface area contributed by atoms with Crippen LogP contribution in [0.3, 0.4) is 0 Å². The van der Waals surface area contributed by atoms with Crippen LogP contribution in [0.5, 0.6) is 11.5 Å². The Hall–Kier alpha value is -1.67. The lowest BCUT2D eigenvalue weighted by atomic mass is 9.89. The van der Waals surface area contributed by atoms with Crippen molar-refractivity contribution in [1.29, 1.82) is 0 Å². The highest BCUT2D eigenvalue weighted by molar-refractivity contribution is 5.91. The number of anilines is 1. The molecule has 2 N–H and O–H groups in total. The summed E-state index contributed by atoms with van der Waals surface area (Å²) in [6.07, 6.45) is 0.291. The van der Waals surface area contributed by atoms with Crippen molar-refractivity contribution in [2.75, 3.05) is 19.0 Å². The third kappa shape index (κ3) is 6.17. The van der Waals surface area contributed by atoms with E-state index in [0.29, 0.717) is 30.1 Å². The molecule has 0 radical (unpaired) electrons. The first-order valence-corrected chi connectivity index (χ1v) is 8.76. The number of rotatable bonds is 6. The fourth-order valence-electron chi connectivity index (χ4n) is 3.84. The molecule has 2 fully saturated rings. The number of amides is 1. The van der Waals surface area contributed by atoms with Crippen molar-refractivity contribution in [3.63, 3.8) is 0 Å². The first kappa shape index (κ1) is 21.6. The molecule has 1 amide bonds. The Balaban J connectivity index is 0.00000261. The standard InChI is InChI=1S/C18H23F3N2O3.ClH/c1-25-15-5-4-14(9-16(15)26-10-18(19,20)21)23-17(24)8-11-6-12-2-3-13(7-11)22-12;/h4-5,9,11-13,22H,2-3,6-8,10H2,1H3,(H,23,24);1H. The van der Waals surface area contributed by atoms with Gasteiger partial charge in [-0.15, -0.1) is 12.4 Å². The second-order valence-electron chi connectivity index (χ2n) is 7.00. The van der Waals surface area contributed by atoms with Crippen molar-refractivity contribution in [3.05, 3.63) is 18.2 Å². The van der Waals surface area contributed by atoms with Crippen molar-refractivity contribution in [2.24, 2.45) is 5.92 Å². The van der Waals surface area contributed by atoms with E-state index >= 15 is 0 Å². The van der Waals surface area contributed by atoms with Crippen LogP contribution in [-0.2, 0) is 4.79 Å². The van der Waals surface area contributed by atoms with Gasteiger partial charge in [-0.3, -0.25) is 4.79 Å². The third-order valence-electron chi connectivity index (χ3n) is 4.88. The van der Waals surface area contributed by atoms with Crippen LogP contribution in [0.4, 0.5) is 18.9 Å². The number of ether oxygens (including phenoxy) is 2. The van der Waals surface area contributed by atoms with Gasteiger partial charge in [0.2, 0.25) is 5.91 Å². The number of nitrogens with one attached hydrogen (secondary N) is 2. The zero-order valence-electron chi connectivity index (χ0n) is 15.0. The van der Waals surface area contributed by atoms with Crippen molar-refractivity contribution in [1.82, 2.24) is 5.32 Å². The molecular formula is C18H24ClF3N2O3. The summed E-state index contributed by atoms with van der Waals surface area (Å²) in [4.78, 5) is 12.3. The highest BCUT2D eigenvalue weighted by Crippen LogP contribution is 2.34. The number of hydrogen-bond acceptors (Lipinski definition) is 4. The predicted molar refractivity (Wildman–Crippen MR) is 97.7 cm³/mol. The van der Waals surface area contributed by atoms with E-state index in [2.05, 4.69) is 10.6 Å². The number of piperidine rings is 1. The predicted octanol–water partition coefficient (Wildman–Crippen LogP) is 3.92. The number of halogens is 4. The number of carbonyl (C=O) groups excluding carboxylic acids is 1.